The molecule has 0 aromatic heterocycles. The van der Waals surface area contributed by atoms with Crippen LogP contribution in [0.5, 0.6) is 0 Å². The Morgan fingerprint density at radius 2 is 2.00 bits per heavy atom. The molecule has 78 valence electrons. The van der Waals surface area contributed by atoms with Crippen molar-refractivity contribution < 1.29 is 4.79 Å². The maximum absolute atomic E-state index is 11.1. The molecule has 0 unspecified atom stereocenters. The monoisotopic (exact) mass is 203 g/mol. The van der Waals surface area contributed by atoms with Crippen molar-refractivity contribution in [2.75, 3.05) is 18.8 Å². The highest BCUT2D eigenvalue weighted by atomic mass is 32.2. The maximum atomic E-state index is 11.1. The van der Waals surface area contributed by atoms with Gasteiger partial charge in [-0.15, -0.1) is 11.8 Å². The van der Waals surface area contributed by atoms with Gasteiger partial charge in [-0.1, -0.05) is 13.8 Å². The molecule has 0 bridgehead atoms. The van der Waals surface area contributed by atoms with Gasteiger partial charge < -0.3 is 5.32 Å². The molecule has 0 atom stereocenters. The minimum absolute atomic E-state index is 0.168. The summed E-state index contributed by atoms with van der Waals surface area (Å²) >= 11 is 1.74. The standard InChI is InChI=1S/C10H21NOS/c1-5-9(12)7-13-10(3,4)8-11-6-2/h11H,5-8H2,1-4H3. The van der Waals surface area contributed by atoms with E-state index in [1.165, 1.54) is 0 Å². The summed E-state index contributed by atoms with van der Waals surface area (Å²) in [5.41, 5.74) is 0. The molecule has 0 aliphatic carbocycles. The van der Waals surface area contributed by atoms with Crippen LogP contribution < -0.4 is 5.32 Å². The van der Waals surface area contributed by atoms with Crippen molar-refractivity contribution in [2.24, 2.45) is 0 Å². The van der Waals surface area contributed by atoms with E-state index in [1.807, 2.05) is 6.92 Å². The zero-order valence-electron chi connectivity index (χ0n) is 9.14. The fourth-order valence-electron chi connectivity index (χ4n) is 0.855. The highest BCUT2D eigenvalue weighted by Gasteiger charge is 2.18. The van der Waals surface area contributed by atoms with E-state index >= 15 is 0 Å². The Bertz CT molecular complexity index is 157. The molecule has 0 heterocycles. The molecular formula is C10H21NOS. The van der Waals surface area contributed by atoms with Gasteiger partial charge in [-0.2, -0.15) is 0 Å². The van der Waals surface area contributed by atoms with Crippen molar-refractivity contribution in [3.8, 4) is 0 Å². The second-order valence-electron chi connectivity index (χ2n) is 3.72. The molecular weight excluding hydrogens is 182 g/mol. The first-order valence-electron chi connectivity index (χ1n) is 4.88. The van der Waals surface area contributed by atoms with E-state index in [4.69, 9.17) is 0 Å². The molecule has 0 radical (unpaired) electrons. The smallest absolute Gasteiger partial charge is 0.142 e. The van der Waals surface area contributed by atoms with E-state index < -0.39 is 0 Å². The molecule has 2 nitrogen and oxygen atoms in total. The normalized spacial score (nSPS) is 11.7. The van der Waals surface area contributed by atoms with Gasteiger partial charge in [0.25, 0.3) is 0 Å². The van der Waals surface area contributed by atoms with Gasteiger partial charge in [0.15, 0.2) is 0 Å². The minimum atomic E-state index is 0.168. The molecule has 0 aliphatic rings. The predicted molar refractivity (Wildman–Crippen MR) is 60.4 cm³/mol. The fourth-order valence-corrected chi connectivity index (χ4v) is 1.81. The summed E-state index contributed by atoms with van der Waals surface area (Å²) in [4.78, 5) is 11.1. The molecule has 0 fully saturated rings. The van der Waals surface area contributed by atoms with E-state index in [1.54, 1.807) is 11.8 Å². The number of carbonyl (C=O) groups excluding carboxylic acids is 1. The fraction of sp³-hybridized carbons (Fsp3) is 0.900. The van der Waals surface area contributed by atoms with Crippen LogP contribution in [-0.2, 0) is 4.79 Å². The van der Waals surface area contributed by atoms with Gasteiger partial charge in [-0.25, -0.2) is 0 Å². The van der Waals surface area contributed by atoms with Crippen LogP contribution in [0.15, 0.2) is 0 Å². The summed E-state index contributed by atoms with van der Waals surface area (Å²) in [6.07, 6.45) is 0.657. The number of hydrogen-bond acceptors (Lipinski definition) is 3. The third-order valence-electron chi connectivity index (χ3n) is 1.82. The number of hydrogen-bond donors (Lipinski definition) is 1. The summed E-state index contributed by atoms with van der Waals surface area (Å²) in [6.45, 7) is 10.3. The molecule has 0 saturated heterocycles. The zero-order chi connectivity index (χ0) is 10.3. The zero-order valence-corrected chi connectivity index (χ0v) is 9.96. The van der Waals surface area contributed by atoms with Crippen LogP contribution in [0.2, 0.25) is 0 Å². The molecule has 13 heavy (non-hydrogen) atoms. The van der Waals surface area contributed by atoms with Crippen LogP contribution in [0.1, 0.15) is 34.1 Å². The first kappa shape index (κ1) is 13.0. The second kappa shape index (κ2) is 6.44. The van der Waals surface area contributed by atoms with Gasteiger partial charge in [0, 0.05) is 17.7 Å². The SMILES string of the molecule is CCNCC(C)(C)SCC(=O)CC. The topological polar surface area (TPSA) is 29.1 Å². The molecule has 3 heteroatoms. The van der Waals surface area contributed by atoms with Gasteiger partial charge in [0.1, 0.15) is 5.78 Å². The minimum Gasteiger partial charge on any atom is -0.316 e. The highest BCUT2D eigenvalue weighted by molar-refractivity contribution is 8.01. The lowest BCUT2D eigenvalue weighted by molar-refractivity contribution is -0.116. The number of nitrogens with one attached hydrogen (secondary N) is 1. The van der Waals surface area contributed by atoms with Crippen LogP contribution in [-0.4, -0.2) is 29.4 Å². The highest BCUT2D eigenvalue weighted by Crippen LogP contribution is 2.23. The van der Waals surface area contributed by atoms with Gasteiger partial charge >= 0.3 is 0 Å². The van der Waals surface area contributed by atoms with Crippen molar-refractivity contribution in [3.05, 3.63) is 0 Å². The number of Topliss-reactive ketones (excluding diaryl/α,β-unsaturated/α-hetero) is 1. The Kier molecular flexibility index (Phi) is 6.43. The van der Waals surface area contributed by atoms with Crippen molar-refractivity contribution in [3.63, 3.8) is 0 Å². The lowest BCUT2D eigenvalue weighted by Crippen LogP contribution is -2.32. The van der Waals surface area contributed by atoms with Crippen molar-refractivity contribution >= 4 is 17.5 Å². The molecule has 1 N–H and O–H groups in total. The maximum Gasteiger partial charge on any atom is 0.142 e. The van der Waals surface area contributed by atoms with Gasteiger partial charge in [-0.3, -0.25) is 4.79 Å². The van der Waals surface area contributed by atoms with E-state index in [-0.39, 0.29) is 4.75 Å². The lowest BCUT2D eigenvalue weighted by atomic mass is 10.2. The molecule has 0 amide bonds. The molecule has 0 aromatic carbocycles. The Morgan fingerprint density at radius 3 is 2.46 bits per heavy atom. The summed E-state index contributed by atoms with van der Waals surface area (Å²) in [6, 6.07) is 0. The lowest BCUT2D eigenvalue weighted by Gasteiger charge is -2.23. The van der Waals surface area contributed by atoms with E-state index in [2.05, 4.69) is 26.1 Å². The Morgan fingerprint density at radius 1 is 1.38 bits per heavy atom. The summed E-state index contributed by atoms with van der Waals surface area (Å²) in [5, 5.41) is 3.30. The van der Waals surface area contributed by atoms with Crippen molar-refractivity contribution in [1.82, 2.24) is 5.32 Å². The number of carbonyl (C=O) groups is 1. The van der Waals surface area contributed by atoms with Crippen LogP contribution in [0.4, 0.5) is 0 Å². The average Bonchev–Trinajstić information content (AvgIpc) is 2.11. The molecule has 0 spiro atoms. The molecule has 0 aromatic rings. The quantitative estimate of drug-likeness (QED) is 0.687. The number of thioether (sulfide) groups is 1. The number of rotatable bonds is 7. The van der Waals surface area contributed by atoms with E-state index in [9.17, 15) is 4.79 Å². The molecule has 0 saturated carbocycles. The van der Waals surface area contributed by atoms with Gasteiger partial charge in [-0.05, 0) is 20.4 Å². The summed E-state index contributed by atoms with van der Waals surface area (Å²) < 4.78 is 0.168. The van der Waals surface area contributed by atoms with Crippen LogP contribution in [0.3, 0.4) is 0 Å². The first-order valence-corrected chi connectivity index (χ1v) is 5.86. The van der Waals surface area contributed by atoms with E-state index in [0.29, 0.717) is 18.0 Å². The largest absolute Gasteiger partial charge is 0.316 e. The van der Waals surface area contributed by atoms with Crippen LogP contribution >= 0.6 is 11.8 Å². The Balaban J connectivity index is 3.67. The third-order valence-corrected chi connectivity index (χ3v) is 3.21. The van der Waals surface area contributed by atoms with E-state index in [0.717, 1.165) is 13.1 Å². The second-order valence-corrected chi connectivity index (χ2v) is 5.40. The van der Waals surface area contributed by atoms with Gasteiger partial charge in [0.05, 0.1) is 5.75 Å². The summed E-state index contributed by atoms with van der Waals surface area (Å²) in [5.74, 6) is 0.990. The summed E-state index contributed by atoms with van der Waals surface area (Å²) in [7, 11) is 0. The van der Waals surface area contributed by atoms with Crippen molar-refractivity contribution in [1.29, 1.82) is 0 Å². The van der Waals surface area contributed by atoms with Crippen LogP contribution in [0.25, 0.3) is 0 Å². The Hall–Kier alpha value is -0.0200. The first-order chi connectivity index (χ1) is 6.02. The Labute approximate surface area is 85.9 Å². The molecule has 0 rings (SSSR count). The molecule has 0 aliphatic heterocycles. The average molecular weight is 203 g/mol. The predicted octanol–water partition coefficient (Wildman–Crippen LogP) is 2.09. The van der Waals surface area contributed by atoms with Crippen LogP contribution in [0, 0.1) is 0 Å². The van der Waals surface area contributed by atoms with Crippen molar-refractivity contribution in [2.45, 2.75) is 38.9 Å². The number of ketones is 1. The third kappa shape index (κ3) is 7.08. The van der Waals surface area contributed by atoms with Gasteiger partial charge in [0.2, 0.25) is 0 Å².